The van der Waals surface area contributed by atoms with Crippen LogP contribution in [0.1, 0.15) is 19.0 Å². The second-order valence-corrected chi connectivity index (χ2v) is 4.10. The van der Waals surface area contributed by atoms with Gasteiger partial charge in [-0.05, 0) is 12.1 Å². The highest BCUT2D eigenvalue weighted by Gasteiger charge is 2.11. The van der Waals surface area contributed by atoms with Crippen molar-refractivity contribution in [1.29, 1.82) is 0 Å². The summed E-state index contributed by atoms with van der Waals surface area (Å²) in [5, 5.41) is 2.68. The molecular weight excluding hydrogens is 242 g/mol. The van der Waals surface area contributed by atoms with Crippen LogP contribution in [0.3, 0.4) is 0 Å². The van der Waals surface area contributed by atoms with Crippen LogP contribution in [0.15, 0.2) is 37.1 Å². The summed E-state index contributed by atoms with van der Waals surface area (Å²) in [6.45, 7) is 6.26. The molecule has 1 N–H and O–H groups in total. The molecule has 0 aliphatic carbocycles. The van der Waals surface area contributed by atoms with Crippen molar-refractivity contribution in [2.45, 2.75) is 19.9 Å². The molecule has 102 valence electrons. The predicted molar refractivity (Wildman–Crippen MR) is 73.2 cm³/mol. The van der Waals surface area contributed by atoms with Crippen molar-refractivity contribution in [3.8, 4) is 0 Å². The number of hydrogen-bond acceptors (Lipinski definition) is 3. The Morgan fingerprint density at radius 2 is 2.26 bits per heavy atom. The Morgan fingerprint density at radius 1 is 1.47 bits per heavy atom. The third kappa shape index (κ3) is 5.81. The molecule has 0 saturated heterocycles. The molecule has 2 amide bonds. The molecule has 1 heterocycles. The van der Waals surface area contributed by atoms with Crippen LogP contribution in [0.2, 0.25) is 0 Å². The summed E-state index contributed by atoms with van der Waals surface area (Å²) in [5.74, 6) is -0.158. The molecule has 19 heavy (non-hydrogen) atoms. The van der Waals surface area contributed by atoms with Gasteiger partial charge < -0.3 is 10.2 Å². The van der Waals surface area contributed by atoms with E-state index in [-0.39, 0.29) is 18.2 Å². The number of rotatable bonds is 7. The summed E-state index contributed by atoms with van der Waals surface area (Å²) in [7, 11) is 0. The standard InChI is InChI=1S/C14H19N3O2/c1-3-8-16-14(19)7-10-17(12(2)18)11-13-6-4-5-9-15-13/h3-6,9H,1,7-8,10-11H2,2H3,(H,16,19). The molecule has 0 aliphatic rings. The molecule has 1 aromatic heterocycles. The molecule has 0 saturated carbocycles. The van der Waals surface area contributed by atoms with Crippen LogP contribution in [0.25, 0.3) is 0 Å². The molecule has 0 bridgehead atoms. The maximum atomic E-state index is 11.5. The maximum Gasteiger partial charge on any atom is 0.222 e. The van der Waals surface area contributed by atoms with E-state index in [1.165, 1.54) is 6.92 Å². The third-order valence-electron chi connectivity index (χ3n) is 2.58. The number of pyridine rings is 1. The van der Waals surface area contributed by atoms with Gasteiger partial charge in [-0.1, -0.05) is 12.1 Å². The summed E-state index contributed by atoms with van der Waals surface area (Å²) in [4.78, 5) is 28.8. The Hall–Kier alpha value is -2.17. The van der Waals surface area contributed by atoms with Gasteiger partial charge in [0.2, 0.25) is 11.8 Å². The minimum absolute atomic E-state index is 0.0674. The zero-order chi connectivity index (χ0) is 14.1. The van der Waals surface area contributed by atoms with E-state index in [0.29, 0.717) is 19.6 Å². The smallest absolute Gasteiger partial charge is 0.222 e. The zero-order valence-electron chi connectivity index (χ0n) is 11.1. The largest absolute Gasteiger partial charge is 0.353 e. The highest BCUT2D eigenvalue weighted by atomic mass is 16.2. The molecule has 0 fully saturated rings. The van der Waals surface area contributed by atoms with E-state index in [1.54, 1.807) is 17.2 Å². The van der Waals surface area contributed by atoms with E-state index in [1.807, 2.05) is 18.2 Å². The number of nitrogens with one attached hydrogen (secondary N) is 1. The molecule has 0 radical (unpaired) electrons. The minimum Gasteiger partial charge on any atom is -0.353 e. The summed E-state index contributed by atoms with van der Waals surface area (Å²) < 4.78 is 0. The van der Waals surface area contributed by atoms with Gasteiger partial charge in [-0.2, -0.15) is 0 Å². The van der Waals surface area contributed by atoms with Gasteiger partial charge in [-0.3, -0.25) is 14.6 Å². The first-order valence-electron chi connectivity index (χ1n) is 6.16. The molecule has 0 atom stereocenters. The Kier molecular flexibility index (Phi) is 6.29. The quantitative estimate of drug-likeness (QED) is 0.748. The van der Waals surface area contributed by atoms with E-state index in [0.717, 1.165) is 5.69 Å². The van der Waals surface area contributed by atoms with E-state index >= 15 is 0 Å². The fraction of sp³-hybridized carbons (Fsp3) is 0.357. The van der Waals surface area contributed by atoms with E-state index in [4.69, 9.17) is 0 Å². The van der Waals surface area contributed by atoms with E-state index in [2.05, 4.69) is 16.9 Å². The highest BCUT2D eigenvalue weighted by molar-refractivity contribution is 5.78. The third-order valence-corrected chi connectivity index (χ3v) is 2.58. The van der Waals surface area contributed by atoms with Crippen molar-refractivity contribution in [2.75, 3.05) is 13.1 Å². The molecule has 0 aliphatic heterocycles. The van der Waals surface area contributed by atoms with Gasteiger partial charge in [0.15, 0.2) is 0 Å². The van der Waals surface area contributed by atoms with Crippen LogP contribution in [0, 0.1) is 0 Å². The summed E-state index contributed by atoms with van der Waals surface area (Å²) >= 11 is 0. The molecule has 5 heteroatoms. The van der Waals surface area contributed by atoms with Crippen molar-refractivity contribution in [3.05, 3.63) is 42.7 Å². The second-order valence-electron chi connectivity index (χ2n) is 4.10. The average molecular weight is 261 g/mol. The number of carbonyl (C=O) groups excluding carboxylic acids is 2. The molecule has 1 rings (SSSR count). The van der Waals surface area contributed by atoms with Crippen molar-refractivity contribution in [2.24, 2.45) is 0 Å². The fourth-order valence-electron chi connectivity index (χ4n) is 1.55. The lowest BCUT2D eigenvalue weighted by Gasteiger charge is -2.20. The van der Waals surface area contributed by atoms with Crippen LogP contribution >= 0.6 is 0 Å². The van der Waals surface area contributed by atoms with Crippen LogP contribution in [0.5, 0.6) is 0 Å². The number of aromatic nitrogens is 1. The van der Waals surface area contributed by atoms with Gasteiger partial charge in [-0.15, -0.1) is 6.58 Å². The normalized spacial score (nSPS) is 9.74. The van der Waals surface area contributed by atoms with Gasteiger partial charge in [0.05, 0.1) is 12.2 Å². The van der Waals surface area contributed by atoms with Crippen molar-refractivity contribution >= 4 is 11.8 Å². The lowest BCUT2D eigenvalue weighted by Crippen LogP contribution is -2.33. The fourth-order valence-corrected chi connectivity index (χ4v) is 1.55. The molecule has 5 nitrogen and oxygen atoms in total. The molecule has 1 aromatic rings. The lowest BCUT2D eigenvalue weighted by atomic mass is 10.3. The van der Waals surface area contributed by atoms with Gasteiger partial charge in [0.1, 0.15) is 0 Å². The monoisotopic (exact) mass is 261 g/mol. The summed E-state index contributed by atoms with van der Waals surface area (Å²) in [6.07, 6.45) is 3.58. The Bertz CT molecular complexity index is 432. The van der Waals surface area contributed by atoms with Gasteiger partial charge in [0, 0.05) is 32.6 Å². The molecule has 0 unspecified atom stereocenters. The molecule has 0 aromatic carbocycles. The second kappa shape index (κ2) is 8.02. The first-order valence-corrected chi connectivity index (χ1v) is 6.16. The van der Waals surface area contributed by atoms with Crippen molar-refractivity contribution in [1.82, 2.24) is 15.2 Å². The van der Waals surface area contributed by atoms with Crippen molar-refractivity contribution in [3.63, 3.8) is 0 Å². The Morgan fingerprint density at radius 3 is 2.84 bits per heavy atom. The van der Waals surface area contributed by atoms with Crippen molar-refractivity contribution < 1.29 is 9.59 Å². The van der Waals surface area contributed by atoms with E-state index < -0.39 is 0 Å². The maximum absolute atomic E-state index is 11.5. The van der Waals surface area contributed by atoms with Crippen LogP contribution < -0.4 is 5.32 Å². The minimum atomic E-state index is -0.0906. The molecule has 0 spiro atoms. The number of nitrogens with zero attached hydrogens (tertiary/aromatic N) is 2. The topological polar surface area (TPSA) is 62.3 Å². The predicted octanol–water partition coefficient (Wildman–Crippen LogP) is 1.12. The van der Waals surface area contributed by atoms with Crippen LogP contribution in [0.4, 0.5) is 0 Å². The highest BCUT2D eigenvalue weighted by Crippen LogP contribution is 2.02. The number of amides is 2. The van der Waals surface area contributed by atoms with Crippen LogP contribution in [-0.2, 0) is 16.1 Å². The first kappa shape index (κ1) is 14.9. The Labute approximate surface area is 113 Å². The first-order chi connectivity index (χ1) is 9.13. The van der Waals surface area contributed by atoms with E-state index in [9.17, 15) is 9.59 Å². The average Bonchev–Trinajstić information content (AvgIpc) is 2.41. The summed E-state index contributed by atoms with van der Waals surface area (Å²) in [5.41, 5.74) is 0.809. The van der Waals surface area contributed by atoms with Gasteiger partial charge in [0.25, 0.3) is 0 Å². The Balaban J connectivity index is 2.47. The SMILES string of the molecule is C=CCNC(=O)CCN(Cc1ccccn1)C(C)=O. The lowest BCUT2D eigenvalue weighted by molar-refractivity contribution is -0.130. The molecular formula is C14H19N3O2. The van der Waals surface area contributed by atoms with Gasteiger partial charge in [-0.25, -0.2) is 0 Å². The van der Waals surface area contributed by atoms with Crippen LogP contribution in [-0.4, -0.2) is 34.8 Å². The number of hydrogen-bond donors (Lipinski definition) is 1. The number of carbonyl (C=O) groups is 2. The summed E-state index contributed by atoms with van der Waals surface area (Å²) in [6, 6.07) is 5.55. The zero-order valence-corrected chi connectivity index (χ0v) is 11.1. The van der Waals surface area contributed by atoms with Gasteiger partial charge >= 0.3 is 0 Å².